The molecule has 0 spiro atoms. The van der Waals surface area contributed by atoms with E-state index in [0.29, 0.717) is 6.42 Å². The van der Waals surface area contributed by atoms with E-state index in [4.69, 9.17) is 9.47 Å². The molecule has 2 N–H and O–H groups in total. The van der Waals surface area contributed by atoms with E-state index in [1.165, 1.54) is 6.08 Å². The fourth-order valence-corrected chi connectivity index (χ4v) is 2.09. The molecule has 1 rings (SSSR count). The second-order valence-electron chi connectivity index (χ2n) is 6.41. The van der Waals surface area contributed by atoms with Gasteiger partial charge in [0.2, 0.25) is 5.76 Å². The summed E-state index contributed by atoms with van der Waals surface area (Å²) >= 11 is 3.34. The average molecular weight is 414 g/mol. The van der Waals surface area contributed by atoms with Crippen LogP contribution in [0.15, 0.2) is 40.6 Å². The van der Waals surface area contributed by atoms with Gasteiger partial charge in [-0.2, -0.15) is 0 Å². The molecule has 0 heterocycles. The maximum atomic E-state index is 11.8. The predicted molar refractivity (Wildman–Crippen MR) is 98.1 cm³/mol. The zero-order chi connectivity index (χ0) is 19.0. The molecule has 7 heteroatoms. The number of benzene rings is 1. The lowest BCUT2D eigenvalue weighted by Crippen LogP contribution is -2.38. The summed E-state index contributed by atoms with van der Waals surface area (Å²) in [5.74, 6) is -1.41. The molecule has 1 aromatic rings. The van der Waals surface area contributed by atoms with Gasteiger partial charge in [0, 0.05) is 4.47 Å². The van der Waals surface area contributed by atoms with Crippen LogP contribution < -0.4 is 5.32 Å². The maximum absolute atomic E-state index is 11.8. The first kappa shape index (κ1) is 21.0. The van der Waals surface area contributed by atoms with Gasteiger partial charge in [-0.05, 0) is 51.0 Å². The molecule has 1 aromatic carbocycles. The number of carboxylic acids is 1. The number of carboxylic acid groups (broad SMARTS) is 1. The van der Waals surface area contributed by atoms with Gasteiger partial charge in [-0.15, -0.1) is 0 Å². The highest BCUT2D eigenvalue weighted by molar-refractivity contribution is 9.10. The van der Waals surface area contributed by atoms with Crippen LogP contribution in [-0.4, -0.2) is 28.8 Å². The van der Waals surface area contributed by atoms with Gasteiger partial charge in [0.25, 0.3) is 0 Å². The molecule has 1 atom stereocenters. The molecular weight excluding hydrogens is 390 g/mol. The van der Waals surface area contributed by atoms with Gasteiger partial charge in [-0.1, -0.05) is 35.0 Å². The predicted octanol–water partition coefficient (Wildman–Crippen LogP) is 4.24. The molecule has 138 valence electrons. The molecule has 1 amide bonds. The maximum Gasteiger partial charge on any atom is 0.408 e. The van der Waals surface area contributed by atoms with Crippen molar-refractivity contribution in [3.05, 3.63) is 46.1 Å². The zero-order valence-corrected chi connectivity index (χ0v) is 16.4. The summed E-state index contributed by atoms with van der Waals surface area (Å²) in [5.41, 5.74) is 0.211. The highest BCUT2D eigenvalue weighted by atomic mass is 79.9. The van der Waals surface area contributed by atoms with Crippen molar-refractivity contribution in [1.29, 1.82) is 0 Å². The van der Waals surface area contributed by atoms with Crippen molar-refractivity contribution in [2.24, 2.45) is 0 Å². The summed E-state index contributed by atoms with van der Waals surface area (Å²) < 4.78 is 11.5. The quantitative estimate of drug-likeness (QED) is 0.515. The number of alkyl carbamates (subject to hydrolysis) is 1. The molecule has 0 fully saturated rings. The van der Waals surface area contributed by atoms with Crippen molar-refractivity contribution in [3.63, 3.8) is 0 Å². The molecule has 0 radical (unpaired) electrons. The highest BCUT2D eigenvalue weighted by Gasteiger charge is 2.19. The molecule has 0 aliphatic carbocycles. The molecule has 1 unspecified atom stereocenters. The van der Waals surface area contributed by atoms with Crippen LogP contribution in [0, 0.1) is 0 Å². The molecule has 0 aliphatic heterocycles. The van der Waals surface area contributed by atoms with Crippen LogP contribution in [0.2, 0.25) is 0 Å². The summed E-state index contributed by atoms with van der Waals surface area (Å²) in [7, 11) is 0. The Labute approximate surface area is 156 Å². The van der Waals surface area contributed by atoms with Crippen LogP contribution in [0.5, 0.6) is 0 Å². The fraction of sp³-hybridized carbons (Fsp3) is 0.444. The van der Waals surface area contributed by atoms with Crippen LogP contribution in [-0.2, 0) is 20.9 Å². The number of ether oxygens (including phenoxy) is 2. The number of rotatable bonds is 7. The molecular formula is C18H24BrNO5. The van der Waals surface area contributed by atoms with Gasteiger partial charge >= 0.3 is 12.1 Å². The van der Waals surface area contributed by atoms with Gasteiger partial charge in [0.15, 0.2) is 0 Å². The van der Waals surface area contributed by atoms with E-state index in [-0.39, 0.29) is 12.4 Å². The van der Waals surface area contributed by atoms with E-state index < -0.39 is 23.7 Å². The first-order chi connectivity index (χ1) is 11.6. The zero-order valence-electron chi connectivity index (χ0n) is 14.8. The Morgan fingerprint density at radius 3 is 2.36 bits per heavy atom. The summed E-state index contributed by atoms with van der Waals surface area (Å²) in [6.45, 7) is 7.22. The molecule has 0 aromatic heterocycles. The Morgan fingerprint density at radius 2 is 1.88 bits per heavy atom. The second kappa shape index (κ2) is 9.46. The molecule has 0 bridgehead atoms. The van der Waals surface area contributed by atoms with Crippen LogP contribution in [0.25, 0.3) is 0 Å². The average Bonchev–Trinajstić information content (AvgIpc) is 2.49. The van der Waals surface area contributed by atoms with E-state index in [2.05, 4.69) is 21.2 Å². The normalized spacial score (nSPS) is 13.1. The Balaban J connectivity index is 2.75. The number of hydrogen-bond acceptors (Lipinski definition) is 4. The molecule has 25 heavy (non-hydrogen) atoms. The van der Waals surface area contributed by atoms with Crippen LogP contribution in [0.1, 0.15) is 39.7 Å². The van der Waals surface area contributed by atoms with Crippen molar-refractivity contribution in [2.45, 2.75) is 52.4 Å². The SMILES string of the molecule is CCC(C=C(OCc1ccc(Br)cc1)C(=O)O)NC(=O)OC(C)(C)C. The van der Waals surface area contributed by atoms with Gasteiger partial charge < -0.3 is 19.9 Å². The van der Waals surface area contributed by atoms with Crippen LogP contribution >= 0.6 is 15.9 Å². The summed E-state index contributed by atoms with van der Waals surface area (Å²) in [5, 5.41) is 11.9. The van der Waals surface area contributed by atoms with E-state index in [9.17, 15) is 14.7 Å². The Kier molecular flexibility index (Phi) is 7.96. The summed E-state index contributed by atoms with van der Waals surface area (Å²) in [6.07, 6.45) is 1.27. The molecule has 0 saturated heterocycles. The van der Waals surface area contributed by atoms with E-state index in [1.54, 1.807) is 20.8 Å². The summed E-state index contributed by atoms with van der Waals surface area (Å²) in [4.78, 5) is 23.2. The standard InChI is InChI=1S/C18H24BrNO5/c1-5-14(20-17(23)25-18(2,3)4)10-15(16(21)22)24-11-12-6-8-13(19)9-7-12/h6-10,14H,5,11H2,1-4H3,(H,20,23)(H,21,22). The van der Waals surface area contributed by atoms with Gasteiger partial charge in [0.05, 0.1) is 6.04 Å². The van der Waals surface area contributed by atoms with Crippen molar-refractivity contribution in [1.82, 2.24) is 5.32 Å². The lowest BCUT2D eigenvalue weighted by Gasteiger charge is -2.22. The number of halogens is 1. The van der Waals surface area contributed by atoms with Crippen molar-refractivity contribution < 1.29 is 24.2 Å². The Hall–Kier alpha value is -2.02. The summed E-state index contributed by atoms with van der Waals surface area (Å²) in [6, 6.07) is 6.86. The number of hydrogen-bond donors (Lipinski definition) is 2. The van der Waals surface area contributed by atoms with Crippen molar-refractivity contribution >= 4 is 28.0 Å². The van der Waals surface area contributed by atoms with E-state index >= 15 is 0 Å². The highest BCUT2D eigenvalue weighted by Crippen LogP contribution is 2.14. The monoisotopic (exact) mass is 413 g/mol. The van der Waals surface area contributed by atoms with E-state index in [1.807, 2.05) is 31.2 Å². The minimum atomic E-state index is -1.19. The van der Waals surface area contributed by atoms with Crippen molar-refractivity contribution in [3.8, 4) is 0 Å². The number of aliphatic carboxylic acids is 1. The fourth-order valence-electron chi connectivity index (χ4n) is 1.83. The largest absolute Gasteiger partial charge is 0.482 e. The third-order valence-corrected chi connectivity index (χ3v) is 3.54. The third-order valence-electron chi connectivity index (χ3n) is 3.01. The van der Waals surface area contributed by atoms with Crippen LogP contribution in [0.3, 0.4) is 0 Å². The molecule has 0 saturated carbocycles. The smallest absolute Gasteiger partial charge is 0.408 e. The van der Waals surface area contributed by atoms with Crippen molar-refractivity contribution in [2.75, 3.05) is 0 Å². The van der Waals surface area contributed by atoms with Gasteiger partial charge in [0.1, 0.15) is 12.2 Å². The minimum absolute atomic E-state index is 0.119. The first-order valence-corrected chi connectivity index (χ1v) is 8.72. The third kappa shape index (κ3) is 8.58. The topological polar surface area (TPSA) is 84.9 Å². The number of carbonyl (C=O) groups is 2. The number of nitrogens with one attached hydrogen (secondary N) is 1. The van der Waals surface area contributed by atoms with Crippen LogP contribution in [0.4, 0.5) is 4.79 Å². The Bertz CT molecular complexity index is 619. The lowest BCUT2D eigenvalue weighted by molar-refractivity contribution is -0.136. The molecule has 6 nitrogen and oxygen atoms in total. The lowest BCUT2D eigenvalue weighted by atomic mass is 10.2. The number of carbonyl (C=O) groups excluding carboxylic acids is 1. The number of amides is 1. The minimum Gasteiger partial charge on any atom is -0.482 e. The second-order valence-corrected chi connectivity index (χ2v) is 7.33. The first-order valence-electron chi connectivity index (χ1n) is 7.92. The van der Waals surface area contributed by atoms with Gasteiger partial charge in [-0.25, -0.2) is 9.59 Å². The Morgan fingerprint density at radius 1 is 1.28 bits per heavy atom. The van der Waals surface area contributed by atoms with E-state index in [0.717, 1.165) is 10.0 Å². The van der Waals surface area contributed by atoms with Gasteiger partial charge in [-0.3, -0.25) is 0 Å². The molecule has 0 aliphatic rings.